The molecule has 4 heterocycles. The van der Waals surface area contributed by atoms with Crippen molar-refractivity contribution in [3.05, 3.63) is 17.7 Å². The van der Waals surface area contributed by atoms with Gasteiger partial charge in [-0.2, -0.15) is 0 Å². The molecule has 0 saturated carbocycles. The molecule has 1 aromatic rings. The van der Waals surface area contributed by atoms with E-state index in [-0.39, 0.29) is 24.0 Å². The van der Waals surface area contributed by atoms with Gasteiger partial charge >= 0.3 is 0 Å². The number of fused-ring (bicyclic) bond motifs is 3. The van der Waals surface area contributed by atoms with Gasteiger partial charge in [0.25, 0.3) is 0 Å². The molecule has 0 spiro atoms. The zero-order valence-corrected chi connectivity index (χ0v) is 22.7. The Hall–Kier alpha value is -1.50. The summed E-state index contributed by atoms with van der Waals surface area (Å²) < 4.78 is 16.5. The van der Waals surface area contributed by atoms with Crippen LogP contribution in [0.3, 0.4) is 0 Å². The number of benzene rings is 1. The van der Waals surface area contributed by atoms with Crippen molar-refractivity contribution in [3.8, 4) is 17.2 Å². The van der Waals surface area contributed by atoms with Gasteiger partial charge in [0.1, 0.15) is 0 Å². The summed E-state index contributed by atoms with van der Waals surface area (Å²) in [7, 11) is 6.84. The predicted molar refractivity (Wildman–Crippen MR) is 142 cm³/mol. The summed E-state index contributed by atoms with van der Waals surface area (Å²) in [6, 6.07) is 4.67. The summed E-state index contributed by atoms with van der Waals surface area (Å²) in [6.07, 6.45) is 0. The van der Waals surface area contributed by atoms with Gasteiger partial charge in [0.2, 0.25) is 5.75 Å². The Morgan fingerprint density at radius 3 is 2.06 bits per heavy atom. The fourth-order valence-electron chi connectivity index (χ4n) is 5.06. The van der Waals surface area contributed by atoms with Gasteiger partial charge in [-0.1, -0.05) is 0 Å². The lowest BCUT2D eigenvalue weighted by Gasteiger charge is -2.47. The van der Waals surface area contributed by atoms with Crippen LogP contribution in [0.1, 0.15) is 5.56 Å². The Labute approximate surface area is 215 Å². The molecule has 1 unspecified atom stereocenters. The van der Waals surface area contributed by atoms with Gasteiger partial charge in [-0.25, -0.2) is 0 Å². The van der Waals surface area contributed by atoms with Gasteiger partial charge in [0, 0.05) is 85.1 Å². The van der Waals surface area contributed by atoms with E-state index in [0.717, 1.165) is 50.8 Å². The van der Waals surface area contributed by atoms with Crippen LogP contribution in [-0.4, -0.2) is 125 Å². The first-order valence-electron chi connectivity index (χ1n) is 11.6. The molecular weight excluding hydrogens is 535 g/mol. The van der Waals surface area contributed by atoms with E-state index in [1.807, 2.05) is 19.2 Å². The molecule has 4 fully saturated rings. The normalized spacial score (nSPS) is 25.4. The van der Waals surface area contributed by atoms with Gasteiger partial charge in [-0.15, -0.1) is 24.0 Å². The van der Waals surface area contributed by atoms with Crippen molar-refractivity contribution in [3.63, 3.8) is 0 Å². The topological polar surface area (TPSA) is 65.0 Å². The second-order valence-corrected chi connectivity index (χ2v) is 8.72. The van der Waals surface area contributed by atoms with Gasteiger partial charge in [0.05, 0.1) is 21.3 Å². The van der Waals surface area contributed by atoms with Gasteiger partial charge in [-0.3, -0.25) is 19.7 Å². The molecule has 4 saturated heterocycles. The Balaban J connectivity index is 0.00000306. The van der Waals surface area contributed by atoms with Crippen LogP contribution in [0.4, 0.5) is 0 Å². The van der Waals surface area contributed by atoms with Crippen LogP contribution in [0.2, 0.25) is 0 Å². The quantitative estimate of drug-likeness (QED) is 0.295. The van der Waals surface area contributed by atoms with E-state index in [9.17, 15) is 0 Å². The van der Waals surface area contributed by atoms with Crippen LogP contribution in [0.25, 0.3) is 0 Å². The highest BCUT2D eigenvalue weighted by molar-refractivity contribution is 14.0. The summed E-state index contributed by atoms with van der Waals surface area (Å²) in [5.74, 6) is 3.06. The highest BCUT2D eigenvalue weighted by atomic mass is 127. The second-order valence-electron chi connectivity index (χ2n) is 8.72. The maximum Gasteiger partial charge on any atom is 0.203 e. The summed E-state index contributed by atoms with van der Waals surface area (Å²) >= 11 is 0. The monoisotopic (exact) mass is 574 g/mol. The number of rotatable bonds is 7. The first-order chi connectivity index (χ1) is 15.6. The lowest BCUT2D eigenvalue weighted by Crippen LogP contribution is -2.64. The number of hydrogen-bond acceptors (Lipinski definition) is 7. The predicted octanol–water partition coefficient (Wildman–Crippen LogP) is 1.02. The van der Waals surface area contributed by atoms with Gasteiger partial charge < -0.3 is 24.4 Å². The lowest BCUT2D eigenvalue weighted by molar-refractivity contribution is 0.0151. The van der Waals surface area contributed by atoms with Crippen LogP contribution in [0.15, 0.2) is 17.1 Å². The third kappa shape index (κ3) is 6.14. The van der Waals surface area contributed by atoms with E-state index in [0.29, 0.717) is 23.3 Å². The Kier molecular flexibility index (Phi) is 9.71. The van der Waals surface area contributed by atoms with Crippen molar-refractivity contribution in [2.45, 2.75) is 12.6 Å². The molecule has 10 heteroatoms. The highest BCUT2D eigenvalue weighted by Gasteiger charge is 2.32. The smallest absolute Gasteiger partial charge is 0.203 e. The molecule has 4 aliphatic heterocycles. The molecule has 33 heavy (non-hydrogen) atoms. The lowest BCUT2D eigenvalue weighted by atomic mass is 10.1. The maximum absolute atomic E-state index is 5.50. The molecule has 1 aromatic carbocycles. The van der Waals surface area contributed by atoms with E-state index in [2.05, 4.69) is 29.9 Å². The van der Waals surface area contributed by atoms with Crippen molar-refractivity contribution < 1.29 is 14.2 Å². The number of piperazine rings is 4. The molecule has 0 aliphatic carbocycles. The molecule has 0 amide bonds. The number of ether oxygens (including phenoxy) is 3. The summed E-state index contributed by atoms with van der Waals surface area (Å²) in [6.45, 7) is 11.7. The fourth-order valence-corrected chi connectivity index (χ4v) is 5.06. The van der Waals surface area contributed by atoms with Crippen LogP contribution in [0.5, 0.6) is 17.2 Å². The van der Waals surface area contributed by atoms with Crippen LogP contribution < -0.4 is 19.5 Å². The molecule has 9 nitrogen and oxygen atoms in total. The molecule has 186 valence electrons. The second kappa shape index (κ2) is 12.3. The van der Waals surface area contributed by atoms with Crippen molar-refractivity contribution in [2.24, 2.45) is 4.99 Å². The fraction of sp³-hybridized carbons (Fsp3) is 0.696. The summed E-state index contributed by atoms with van der Waals surface area (Å²) in [4.78, 5) is 14.6. The Morgan fingerprint density at radius 2 is 1.58 bits per heavy atom. The number of hydrogen-bond donors (Lipinski definition) is 1. The van der Waals surface area contributed by atoms with E-state index in [1.54, 1.807) is 21.3 Å². The first kappa shape index (κ1) is 26.1. The number of guanidine groups is 1. The third-order valence-electron chi connectivity index (χ3n) is 6.90. The molecule has 5 rings (SSSR count). The number of methoxy groups -OCH3 is 3. The largest absolute Gasteiger partial charge is 0.493 e. The van der Waals surface area contributed by atoms with E-state index >= 15 is 0 Å². The zero-order chi connectivity index (χ0) is 22.5. The molecule has 1 atom stereocenters. The number of aliphatic imine (C=N–C) groups is 1. The number of nitrogens with one attached hydrogen (secondary N) is 1. The van der Waals surface area contributed by atoms with Gasteiger partial charge in [-0.05, 0) is 17.7 Å². The van der Waals surface area contributed by atoms with Crippen LogP contribution in [-0.2, 0) is 6.54 Å². The maximum atomic E-state index is 5.50. The van der Waals surface area contributed by atoms with Crippen molar-refractivity contribution in [2.75, 3.05) is 93.8 Å². The Morgan fingerprint density at radius 1 is 0.939 bits per heavy atom. The molecule has 1 N–H and O–H groups in total. The molecular formula is C23H39IN6O3. The van der Waals surface area contributed by atoms with Gasteiger partial charge in [0.15, 0.2) is 17.5 Å². The Bertz CT molecular complexity index is 769. The first-order valence-corrected chi connectivity index (χ1v) is 11.6. The molecule has 0 radical (unpaired) electrons. The standard InChI is InChI=1S/C23H38N6O3.HI/c1-24-23(25-15-19-17-27-5-9-28(19)10-6-27)29-11-7-26(8-12-29)16-18-13-20(30-2)22(32-4)21(14-18)31-3;/h13-14,19H,5-12,15-17H2,1-4H3,(H,24,25);1H. The van der Waals surface area contributed by atoms with Crippen molar-refractivity contribution >= 4 is 29.9 Å². The van der Waals surface area contributed by atoms with Crippen molar-refractivity contribution in [1.29, 1.82) is 0 Å². The number of nitrogens with zero attached hydrogens (tertiary/aromatic N) is 5. The van der Waals surface area contributed by atoms with E-state index < -0.39 is 0 Å². The summed E-state index contributed by atoms with van der Waals surface area (Å²) in [5, 5.41) is 3.64. The van der Waals surface area contributed by atoms with E-state index in [4.69, 9.17) is 14.2 Å². The minimum absolute atomic E-state index is 0. The minimum atomic E-state index is 0. The van der Waals surface area contributed by atoms with Crippen LogP contribution >= 0.6 is 24.0 Å². The SMILES string of the molecule is CN=C(NCC1CN2CCN1CC2)N1CCN(Cc2cc(OC)c(OC)c(OC)c2)CC1.I. The average Bonchev–Trinajstić information content (AvgIpc) is 2.85. The molecule has 0 aromatic heterocycles. The zero-order valence-electron chi connectivity index (χ0n) is 20.4. The summed E-state index contributed by atoms with van der Waals surface area (Å²) in [5.41, 5.74) is 1.16. The highest BCUT2D eigenvalue weighted by Crippen LogP contribution is 2.38. The van der Waals surface area contributed by atoms with Crippen LogP contribution in [0, 0.1) is 0 Å². The van der Waals surface area contributed by atoms with E-state index in [1.165, 1.54) is 32.7 Å². The molecule has 4 aliphatic rings. The third-order valence-corrected chi connectivity index (χ3v) is 6.90. The average molecular weight is 575 g/mol. The minimum Gasteiger partial charge on any atom is -0.493 e. The number of halogens is 1. The van der Waals surface area contributed by atoms with Crippen molar-refractivity contribution in [1.82, 2.24) is 24.9 Å². The molecule has 2 bridgehead atoms.